The molecule has 0 aromatic rings. The predicted molar refractivity (Wildman–Crippen MR) is 51.7 cm³/mol. The third-order valence-electron chi connectivity index (χ3n) is 1.48. The minimum Gasteiger partial charge on any atom is -0.314 e. The first-order valence-electron chi connectivity index (χ1n) is 2.97. The fourth-order valence-electron chi connectivity index (χ4n) is 0.903. The monoisotopic (exact) mass is 365 g/mol. The topological polar surface area (TPSA) is 0 Å². The van der Waals surface area contributed by atoms with Crippen molar-refractivity contribution in [2.75, 3.05) is 0 Å². The van der Waals surface area contributed by atoms with E-state index in [1.165, 1.54) is 12.8 Å². The smallest absolute Gasteiger partial charge is 0.0232 e. The Labute approximate surface area is 102 Å². The van der Waals surface area contributed by atoms with Crippen LogP contribution in [0.1, 0.15) is 12.8 Å². The van der Waals surface area contributed by atoms with Crippen molar-refractivity contribution in [3.05, 3.63) is 6.42 Å². The summed E-state index contributed by atoms with van der Waals surface area (Å²) in [6, 6.07) is 0. The molecule has 0 aliphatic heterocycles. The van der Waals surface area contributed by atoms with Gasteiger partial charge >= 0.3 is 0 Å². The summed E-state index contributed by atoms with van der Waals surface area (Å²) in [5.41, 5.74) is 0. The Kier molecular flexibility index (Phi) is 6.98. The summed E-state index contributed by atoms with van der Waals surface area (Å²) >= 11 is 10.8. The first-order chi connectivity index (χ1) is 4.22. The Bertz CT molecular complexity index is 89.0. The Morgan fingerprint density at radius 1 is 1.20 bits per heavy atom. The number of hydrogen-bond acceptors (Lipinski definition) is 0. The quantitative estimate of drug-likeness (QED) is 0.350. The van der Waals surface area contributed by atoms with E-state index < -0.39 is 0 Å². The SMILES string of the molecule is BrC1[CH-]CCC(Br)C1Br.[Ti]. The molecule has 1 aliphatic carbocycles. The van der Waals surface area contributed by atoms with Crippen LogP contribution in [0.3, 0.4) is 0 Å². The molecule has 0 heterocycles. The Hall–Kier alpha value is 2.15. The first kappa shape index (κ1) is 12.2. The summed E-state index contributed by atoms with van der Waals surface area (Å²) in [6.45, 7) is 0. The van der Waals surface area contributed by atoms with Crippen LogP contribution in [0.4, 0.5) is 0 Å². The minimum absolute atomic E-state index is 0. The van der Waals surface area contributed by atoms with E-state index in [4.69, 9.17) is 0 Å². The van der Waals surface area contributed by atoms with Crippen LogP contribution < -0.4 is 0 Å². The van der Waals surface area contributed by atoms with Crippen molar-refractivity contribution < 1.29 is 21.7 Å². The molecule has 3 unspecified atom stereocenters. The molecule has 1 rings (SSSR count). The van der Waals surface area contributed by atoms with Crippen LogP contribution in [0.2, 0.25) is 0 Å². The van der Waals surface area contributed by atoms with Gasteiger partial charge < -0.3 is 6.42 Å². The van der Waals surface area contributed by atoms with Gasteiger partial charge in [0.05, 0.1) is 0 Å². The van der Waals surface area contributed by atoms with Gasteiger partial charge in [0.25, 0.3) is 0 Å². The molecule has 10 heavy (non-hydrogen) atoms. The Balaban J connectivity index is 0.000000810. The van der Waals surface area contributed by atoms with Crippen LogP contribution in [0, 0.1) is 6.42 Å². The molecule has 0 radical (unpaired) electrons. The van der Waals surface area contributed by atoms with E-state index in [1.807, 2.05) is 0 Å². The molecule has 0 N–H and O–H groups in total. The van der Waals surface area contributed by atoms with Crippen LogP contribution >= 0.6 is 47.8 Å². The van der Waals surface area contributed by atoms with Crippen LogP contribution in [-0.4, -0.2) is 14.5 Å². The van der Waals surface area contributed by atoms with Gasteiger partial charge in [-0.1, -0.05) is 43.1 Å². The summed E-state index contributed by atoms with van der Waals surface area (Å²) in [5.74, 6) is 0. The molecule has 58 valence electrons. The Morgan fingerprint density at radius 3 is 2.20 bits per heavy atom. The fraction of sp³-hybridized carbons (Fsp3) is 0.833. The van der Waals surface area contributed by atoms with Crippen molar-refractivity contribution in [2.45, 2.75) is 27.3 Å². The average molecular weight is 368 g/mol. The van der Waals surface area contributed by atoms with Gasteiger partial charge in [-0.25, -0.2) is 0 Å². The summed E-state index contributed by atoms with van der Waals surface area (Å²) in [4.78, 5) is 1.73. The van der Waals surface area contributed by atoms with Gasteiger partial charge in [0, 0.05) is 31.4 Å². The van der Waals surface area contributed by atoms with Gasteiger partial charge in [-0.3, -0.25) is 0 Å². The maximum atomic E-state index is 3.60. The Morgan fingerprint density at radius 2 is 1.80 bits per heavy atom. The van der Waals surface area contributed by atoms with Crippen molar-refractivity contribution in [1.29, 1.82) is 0 Å². The standard InChI is InChI=1S/C6H8Br3.Ti/c7-4-2-1-3-5(8)6(4)9;/h2,4-6H,1,3H2;/q-1;. The normalized spacial score (nSPS) is 40.5. The van der Waals surface area contributed by atoms with Crippen molar-refractivity contribution in [1.82, 2.24) is 0 Å². The fourth-order valence-corrected chi connectivity index (χ4v) is 3.02. The molecule has 0 saturated heterocycles. The third-order valence-corrected chi connectivity index (χ3v) is 6.08. The number of alkyl halides is 3. The molecule has 1 fully saturated rings. The summed E-state index contributed by atoms with van der Waals surface area (Å²) in [6.07, 6.45) is 4.77. The van der Waals surface area contributed by atoms with Crippen LogP contribution in [0.15, 0.2) is 0 Å². The second-order valence-electron chi connectivity index (χ2n) is 2.22. The van der Waals surface area contributed by atoms with E-state index in [1.54, 1.807) is 0 Å². The van der Waals surface area contributed by atoms with E-state index >= 15 is 0 Å². The maximum Gasteiger partial charge on any atom is 0.0232 e. The molecule has 1 aliphatic rings. The first-order valence-corrected chi connectivity index (χ1v) is 5.72. The zero-order chi connectivity index (χ0) is 6.85. The molecular weight excluding hydrogens is 360 g/mol. The molecule has 0 aromatic carbocycles. The van der Waals surface area contributed by atoms with E-state index in [-0.39, 0.29) is 21.7 Å². The number of halogens is 3. The molecule has 3 atom stereocenters. The molecule has 1 saturated carbocycles. The second-order valence-corrected chi connectivity index (χ2v) is 5.51. The molecule has 0 aromatic heterocycles. The summed E-state index contributed by atoms with van der Waals surface area (Å²) in [5, 5.41) is 0. The van der Waals surface area contributed by atoms with Gasteiger partial charge in [-0.15, -0.1) is 15.9 Å². The van der Waals surface area contributed by atoms with E-state index in [0.29, 0.717) is 14.5 Å². The molecule has 0 bridgehead atoms. The zero-order valence-corrected chi connectivity index (χ0v) is 11.7. The summed E-state index contributed by atoms with van der Waals surface area (Å²) in [7, 11) is 0. The van der Waals surface area contributed by atoms with Gasteiger partial charge in [-0.2, -0.15) is 6.42 Å². The van der Waals surface area contributed by atoms with Crippen molar-refractivity contribution >= 4 is 47.8 Å². The maximum absolute atomic E-state index is 3.60. The second kappa shape index (κ2) is 5.74. The van der Waals surface area contributed by atoms with E-state index in [9.17, 15) is 0 Å². The third kappa shape index (κ3) is 3.26. The van der Waals surface area contributed by atoms with Gasteiger partial charge in [0.1, 0.15) is 0 Å². The molecule has 0 amide bonds. The largest absolute Gasteiger partial charge is 0.314 e. The van der Waals surface area contributed by atoms with Crippen LogP contribution in [-0.2, 0) is 21.7 Å². The summed E-state index contributed by atoms with van der Waals surface area (Å²) < 4.78 is 0. The molecule has 0 spiro atoms. The van der Waals surface area contributed by atoms with Gasteiger partial charge in [0.15, 0.2) is 0 Å². The predicted octanol–water partition coefficient (Wildman–Crippen LogP) is 3.27. The number of hydrogen-bond donors (Lipinski definition) is 0. The van der Waals surface area contributed by atoms with Gasteiger partial charge in [-0.05, 0) is 0 Å². The van der Waals surface area contributed by atoms with Crippen LogP contribution in [0.5, 0.6) is 0 Å². The van der Waals surface area contributed by atoms with E-state index in [0.717, 1.165) is 0 Å². The van der Waals surface area contributed by atoms with E-state index in [2.05, 4.69) is 54.2 Å². The zero-order valence-electron chi connectivity index (χ0n) is 5.36. The van der Waals surface area contributed by atoms with Crippen molar-refractivity contribution in [3.8, 4) is 0 Å². The number of rotatable bonds is 0. The van der Waals surface area contributed by atoms with Gasteiger partial charge in [0.2, 0.25) is 0 Å². The molecule has 4 heteroatoms. The van der Waals surface area contributed by atoms with Crippen molar-refractivity contribution in [3.63, 3.8) is 0 Å². The molecule has 0 nitrogen and oxygen atoms in total. The molecular formula is C6H8Br3Ti-. The van der Waals surface area contributed by atoms with Crippen molar-refractivity contribution in [2.24, 2.45) is 0 Å². The van der Waals surface area contributed by atoms with Crippen LogP contribution in [0.25, 0.3) is 0 Å². The minimum atomic E-state index is 0. The average Bonchev–Trinajstić information content (AvgIpc) is 1.83.